The normalized spacial score (nSPS) is 13.7. The summed E-state index contributed by atoms with van der Waals surface area (Å²) in [6.45, 7) is 1.60. The van der Waals surface area contributed by atoms with E-state index in [-0.39, 0.29) is 55.2 Å². The van der Waals surface area contributed by atoms with Crippen LogP contribution in [0.25, 0.3) is 0 Å². The largest absolute Gasteiger partial charge is 0.348 e. The lowest BCUT2D eigenvalue weighted by atomic mass is 10.1. The van der Waals surface area contributed by atoms with Crippen molar-refractivity contribution < 1.29 is 22.4 Å². The molecule has 2 amide bonds. The molecule has 1 aliphatic heterocycles. The molecule has 0 saturated carbocycles. The molecule has 0 saturated heterocycles. The maximum Gasteiger partial charge on any atom is 0.271 e. The van der Waals surface area contributed by atoms with Crippen LogP contribution in [0, 0.1) is 6.92 Å². The summed E-state index contributed by atoms with van der Waals surface area (Å²) in [6.07, 6.45) is 1.37. The summed E-state index contributed by atoms with van der Waals surface area (Å²) in [5.41, 5.74) is 0.943. The molecule has 8 nitrogen and oxygen atoms in total. The minimum Gasteiger partial charge on any atom is -0.348 e. The monoisotopic (exact) mass is 463 g/mol. The van der Waals surface area contributed by atoms with E-state index in [0.717, 1.165) is 28.0 Å². The summed E-state index contributed by atoms with van der Waals surface area (Å²) < 4.78 is 37.6. The van der Waals surface area contributed by atoms with Gasteiger partial charge in [0.05, 0.1) is 5.75 Å². The maximum atomic E-state index is 13.8. The predicted octanol–water partition coefficient (Wildman–Crippen LogP) is 1.45. The van der Waals surface area contributed by atoms with Gasteiger partial charge in [-0.25, -0.2) is 12.8 Å². The Hall–Kier alpha value is -3.01. The van der Waals surface area contributed by atoms with Crippen molar-refractivity contribution in [2.75, 3.05) is 25.1 Å². The van der Waals surface area contributed by atoms with Crippen molar-refractivity contribution in [3.8, 4) is 0 Å². The number of aromatic nitrogens is 1. The Morgan fingerprint density at radius 1 is 1.16 bits per heavy atom. The van der Waals surface area contributed by atoms with E-state index in [2.05, 4.69) is 5.32 Å². The van der Waals surface area contributed by atoms with Crippen LogP contribution in [0.4, 0.5) is 4.39 Å². The van der Waals surface area contributed by atoms with Crippen molar-refractivity contribution in [1.29, 1.82) is 0 Å². The van der Waals surface area contributed by atoms with Crippen LogP contribution < -0.4 is 10.9 Å². The number of carbonyl (C=O) groups is 2. The van der Waals surface area contributed by atoms with Gasteiger partial charge in [0.1, 0.15) is 27.8 Å². The molecule has 0 bridgehead atoms. The topological polar surface area (TPSA) is 106 Å². The number of nitrogens with one attached hydrogen (secondary N) is 1. The summed E-state index contributed by atoms with van der Waals surface area (Å²) in [6, 6.07) is 8.67. The van der Waals surface area contributed by atoms with Gasteiger partial charge in [-0.1, -0.05) is 29.8 Å². The molecular formula is C22H26FN3O5S. The van der Waals surface area contributed by atoms with Crippen LogP contribution in [-0.4, -0.2) is 54.8 Å². The molecule has 172 valence electrons. The van der Waals surface area contributed by atoms with Crippen molar-refractivity contribution in [3.05, 3.63) is 68.6 Å². The molecule has 1 aliphatic rings. The summed E-state index contributed by atoms with van der Waals surface area (Å²) in [5.74, 6) is -1.25. The highest BCUT2D eigenvalue weighted by atomic mass is 32.2. The SMILES string of the molecule is Cc1ccc(CNC(=O)c2cc(CF)c3n(c2=O)CCN(CCCS(C)(=O)=O)C3=O)cc1. The number of aryl methyl sites for hydroxylation is 1. The first-order valence-electron chi connectivity index (χ1n) is 10.2. The molecule has 0 aliphatic carbocycles. The summed E-state index contributed by atoms with van der Waals surface area (Å²) in [5, 5.41) is 2.67. The number of benzene rings is 1. The van der Waals surface area contributed by atoms with Gasteiger partial charge in [-0.15, -0.1) is 0 Å². The van der Waals surface area contributed by atoms with Crippen molar-refractivity contribution in [2.45, 2.75) is 33.1 Å². The molecule has 0 atom stereocenters. The molecule has 10 heteroatoms. The van der Waals surface area contributed by atoms with Gasteiger partial charge in [-0.05, 0) is 25.0 Å². The first-order valence-corrected chi connectivity index (χ1v) is 12.3. The van der Waals surface area contributed by atoms with Gasteiger partial charge in [0, 0.05) is 38.0 Å². The van der Waals surface area contributed by atoms with Gasteiger partial charge >= 0.3 is 0 Å². The second-order valence-corrected chi connectivity index (χ2v) is 10.2. The Bertz CT molecular complexity index is 1190. The summed E-state index contributed by atoms with van der Waals surface area (Å²) >= 11 is 0. The predicted molar refractivity (Wildman–Crippen MR) is 118 cm³/mol. The fourth-order valence-electron chi connectivity index (χ4n) is 3.64. The van der Waals surface area contributed by atoms with Crippen LogP contribution in [0.2, 0.25) is 0 Å². The maximum absolute atomic E-state index is 13.8. The molecule has 1 N–H and O–H groups in total. The minimum absolute atomic E-state index is 0.0390. The quantitative estimate of drug-likeness (QED) is 0.638. The van der Waals surface area contributed by atoms with Crippen LogP contribution in [0.1, 0.15) is 44.0 Å². The van der Waals surface area contributed by atoms with Gasteiger partial charge < -0.3 is 14.8 Å². The van der Waals surface area contributed by atoms with Crippen LogP contribution in [0.15, 0.2) is 35.1 Å². The third-order valence-electron chi connectivity index (χ3n) is 5.36. The van der Waals surface area contributed by atoms with E-state index in [1.54, 1.807) is 0 Å². The fourth-order valence-corrected chi connectivity index (χ4v) is 4.30. The van der Waals surface area contributed by atoms with Crippen LogP contribution in [0.5, 0.6) is 0 Å². The second kappa shape index (κ2) is 9.64. The number of fused-ring (bicyclic) bond motifs is 1. The zero-order valence-electron chi connectivity index (χ0n) is 18.1. The van der Waals surface area contributed by atoms with Gasteiger partial charge in [0.15, 0.2) is 0 Å². The second-order valence-electron chi connectivity index (χ2n) is 7.97. The Kier molecular flexibility index (Phi) is 7.12. The number of amides is 2. The van der Waals surface area contributed by atoms with Crippen molar-refractivity contribution in [2.24, 2.45) is 0 Å². The van der Waals surface area contributed by atoms with E-state index in [0.29, 0.717) is 0 Å². The molecule has 2 aromatic rings. The summed E-state index contributed by atoms with van der Waals surface area (Å²) in [7, 11) is -3.16. The Morgan fingerprint density at radius 2 is 1.84 bits per heavy atom. The lowest BCUT2D eigenvalue weighted by Crippen LogP contribution is -2.47. The number of carbonyl (C=O) groups excluding carboxylic acids is 2. The number of nitrogens with zero attached hydrogens (tertiary/aromatic N) is 2. The molecular weight excluding hydrogens is 437 g/mol. The molecule has 2 heterocycles. The molecule has 0 fully saturated rings. The lowest BCUT2D eigenvalue weighted by Gasteiger charge is -2.31. The Balaban J connectivity index is 1.81. The summed E-state index contributed by atoms with van der Waals surface area (Å²) in [4.78, 5) is 39.8. The lowest BCUT2D eigenvalue weighted by molar-refractivity contribution is 0.0696. The third kappa shape index (κ3) is 5.42. The Labute approximate surface area is 186 Å². The van der Waals surface area contributed by atoms with Crippen LogP contribution >= 0.6 is 0 Å². The number of sulfone groups is 1. The first-order chi connectivity index (χ1) is 15.1. The van der Waals surface area contributed by atoms with E-state index in [1.165, 1.54) is 4.90 Å². The number of rotatable bonds is 8. The van der Waals surface area contributed by atoms with Crippen molar-refractivity contribution in [1.82, 2.24) is 14.8 Å². The number of hydrogen-bond donors (Lipinski definition) is 1. The third-order valence-corrected chi connectivity index (χ3v) is 6.39. The van der Waals surface area contributed by atoms with Gasteiger partial charge in [-0.2, -0.15) is 0 Å². The van der Waals surface area contributed by atoms with E-state index in [4.69, 9.17) is 0 Å². The van der Waals surface area contributed by atoms with Crippen molar-refractivity contribution in [3.63, 3.8) is 0 Å². The molecule has 1 aromatic carbocycles. The molecule has 1 aromatic heterocycles. The van der Waals surface area contributed by atoms with E-state index >= 15 is 0 Å². The average Bonchev–Trinajstić information content (AvgIpc) is 2.74. The zero-order valence-corrected chi connectivity index (χ0v) is 18.9. The highest BCUT2D eigenvalue weighted by Gasteiger charge is 2.30. The smallest absolute Gasteiger partial charge is 0.271 e. The number of hydrogen-bond acceptors (Lipinski definition) is 5. The fraction of sp³-hybridized carbons (Fsp3) is 0.409. The number of halogens is 1. The van der Waals surface area contributed by atoms with E-state index < -0.39 is 33.9 Å². The average molecular weight is 464 g/mol. The number of alkyl halides is 1. The van der Waals surface area contributed by atoms with Crippen molar-refractivity contribution >= 4 is 21.7 Å². The van der Waals surface area contributed by atoms with Crippen LogP contribution in [0.3, 0.4) is 0 Å². The molecule has 32 heavy (non-hydrogen) atoms. The highest BCUT2D eigenvalue weighted by molar-refractivity contribution is 7.90. The van der Waals surface area contributed by atoms with Gasteiger partial charge in [-0.3, -0.25) is 14.4 Å². The molecule has 3 rings (SSSR count). The molecule has 0 radical (unpaired) electrons. The Morgan fingerprint density at radius 3 is 2.47 bits per heavy atom. The van der Waals surface area contributed by atoms with E-state index in [1.807, 2.05) is 31.2 Å². The van der Waals surface area contributed by atoms with E-state index in [9.17, 15) is 27.2 Å². The number of pyridine rings is 1. The minimum atomic E-state index is -3.16. The molecule has 0 spiro atoms. The van der Waals surface area contributed by atoms with Crippen LogP contribution in [-0.2, 0) is 29.6 Å². The highest BCUT2D eigenvalue weighted by Crippen LogP contribution is 2.18. The van der Waals surface area contributed by atoms with Gasteiger partial charge in [0.25, 0.3) is 17.4 Å². The zero-order chi connectivity index (χ0) is 23.5. The van der Waals surface area contributed by atoms with Gasteiger partial charge in [0.2, 0.25) is 0 Å². The standard InChI is InChI=1S/C22H26FN3O5S/c1-15-4-6-16(7-5-15)14-24-20(27)18-12-17(13-23)19-22(29)25(8-3-11-32(2,30)31)9-10-26(19)21(18)28/h4-7,12H,3,8-11,13-14H2,1-2H3,(H,24,27). The molecule has 0 unspecified atom stereocenters. The first kappa shape index (κ1) is 23.6.